The SMILES string of the molecule is O=C(O)CCCCCCCCCCCCCCCCCCCCCCC(C(=O)O)C1CC1. The molecule has 4 heteroatoms. The molecule has 0 bridgehead atoms. The maximum absolute atomic E-state index is 11.2. The van der Waals surface area contributed by atoms with Crippen LogP contribution in [0.4, 0.5) is 0 Å². The van der Waals surface area contributed by atoms with Crippen LogP contribution in [0.2, 0.25) is 0 Å². The Bertz CT molecular complexity index is 458. The molecule has 1 fully saturated rings. The van der Waals surface area contributed by atoms with Gasteiger partial charge in [-0.3, -0.25) is 9.59 Å². The summed E-state index contributed by atoms with van der Waals surface area (Å²) in [6.45, 7) is 0. The number of hydrogen-bond acceptors (Lipinski definition) is 2. The van der Waals surface area contributed by atoms with Crippen LogP contribution in [0.15, 0.2) is 0 Å². The van der Waals surface area contributed by atoms with E-state index in [9.17, 15) is 14.7 Å². The molecule has 0 amide bonds. The van der Waals surface area contributed by atoms with Crippen molar-refractivity contribution in [1.82, 2.24) is 0 Å². The molecule has 0 aliphatic heterocycles. The van der Waals surface area contributed by atoms with E-state index in [1.165, 1.54) is 109 Å². The number of hydrogen-bond donors (Lipinski definition) is 2. The first-order chi connectivity index (χ1) is 15.6. The van der Waals surface area contributed by atoms with Gasteiger partial charge in [-0.15, -0.1) is 0 Å². The van der Waals surface area contributed by atoms with Crippen molar-refractivity contribution in [3.05, 3.63) is 0 Å². The molecule has 0 radical (unpaired) electrons. The number of carbonyl (C=O) groups is 2. The largest absolute Gasteiger partial charge is 0.481 e. The molecular weight excluding hydrogens is 400 g/mol. The lowest BCUT2D eigenvalue weighted by Gasteiger charge is -2.10. The Morgan fingerprint density at radius 2 is 0.844 bits per heavy atom. The molecule has 1 atom stereocenters. The van der Waals surface area contributed by atoms with Gasteiger partial charge in [0.25, 0.3) is 0 Å². The third-order valence-electron chi connectivity index (χ3n) is 7.16. The standard InChI is InChI=1S/C28H52O4/c29-27(30)22-20-18-16-14-12-10-8-6-4-2-1-3-5-7-9-11-13-15-17-19-21-26(28(31)32)25-23-24-25/h25-26H,1-24H2,(H,29,30)(H,31,32). The zero-order valence-electron chi connectivity index (χ0n) is 20.8. The number of carboxylic acid groups (broad SMARTS) is 2. The minimum Gasteiger partial charge on any atom is -0.481 e. The van der Waals surface area contributed by atoms with Crippen LogP contribution in [0.25, 0.3) is 0 Å². The van der Waals surface area contributed by atoms with E-state index >= 15 is 0 Å². The summed E-state index contributed by atoms with van der Waals surface area (Å²) < 4.78 is 0. The average Bonchev–Trinajstić information content (AvgIpc) is 3.59. The quantitative estimate of drug-likeness (QED) is 0.136. The van der Waals surface area contributed by atoms with Crippen LogP contribution < -0.4 is 0 Å². The third kappa shape index (κ3) is 18.5. The van der Waals surface area contributed by atoms with Crippen LogP contribution in [0.3, 0.4) is 0 Å². The third-order valence-corrected chi connectivity index (χ3v) is 7.16. The normalized spacial score (nSPS) is 14.5. The van der Waals surface area contributed by atoms with Crippen molar-refractivity contribution in [3.63, 3.8) is 0 Å². The Morgan fingerprint density at radius 3 is 1.12 bits per heavy atom. The maximum Gasteiger partial charge on any atom is 0.306 e. The summed E-state index contributed by atoms with van der Waals surface area (Å²) in [5.74, 6) is -0.787. The highest BCUT2D eigenvalue weighted by molar-refractivity contribution is 5.70. The second kappa shape index (κ2) is 20.5. The molecule has 0 aromatic rings. The van der Waals surface area contributed by atoms with Crippen molar-refractivity contribution < 1.29 is 19.8 Å². The summed E-state index contributed by atoms with van der Waals surface area (Å²) in [5, 5.41) is 17.8. The highest BCUT2D eigenvalue weighted by Crippen LogP contribution is 2.39. The summed E-state index contributed by atoms with van der Waals surface area (Å²) in [6, 6.07) is 0. The highest BCUT2D eigenvalue weighted by atomic mass is 16.4. The van der Waals surface area contributed by atoms with Gasteiger partial charge in [-0.25, -0.2) is 0 Å². The zero-order valence-corrected chi connectivity index (χ0v) is 20.8. The smallest absolute Gasteiger partial charge is 0.306 e. The van der Waals surface area contributed by atoms with Gasteiger partial charge < -0.3 is 10.2 Å². The van der Waals surface area contributed by atoms with Gasteiger partial charge >= 0.3 is 11.9 Å². The summed E-state index contributed by atoms with van der Waals surface area (Å²) in [4.78, 5) is 21.7. The lowest BCUT2D eigenvalue weighted by atomic mass is 9.96. The minimum atomic E-state index is -0.662. The van der Waals surface area contributed by atoms with Crippen LogP contribution in [0, 0.1) is 11.8 Å². The molecule has 0 aromatic heterocycles. The van der Waals surface area contributed by atoms with Crippen LogP contribution >= 0.6 is 0 Å². The second-order valence-corrected chi connectivity index (χ2v) is 10.3. The van der Waals surface area contributed by atoms with Crippen molar-refractivity contribution >= 4 is 11.9 Å². The average molecular weight is 453 g/mol. The summed E-state index contributed by atoms with van der Waals surface area (Å²) in [6.07, 6.45) is 29.3. The predicted octanol–water partition coefficient (Wildman–Crippen LogP) is 8.76. The molecule has 0 heterocycles. The van der Waals surface area contributed by atoms with E-state index < -0.39 is 11.9 Å². The summed E-state index contributed by atoms with van der Waals surface area (Å²) in [7, 11) is 0. The molecule has 188 valence electrons. The van der Waals surface area contributed by atoms with Crippen LogP contribution in [0.1, 0.15) is 154 Å². The van der Waals surface area contributed by atoms with Gasteiger partial charge in [0, 0.05) is 6.42 Å². The Labute approximate surface area is 197 Å². The first-order valence-corrected chi connectivity index (χ1v) is 14.1. The van der Waals surface area contributed by atoms with Gasteiger partial charge in [0.05, 0.1) is 5.92 Å². The first-order valence-electron chi connectivity index (χ1n) is 14.1. The Balaban J connectivity index is 1.67. The van der Waals surface area contributed by atoms with Gasteiger partial charge in [0.15, 0.2) is 0 Å². The molecule has 1 aliphatic rings. The predicted molar refractivity (Wildman–Crippen MR) is 133 cm³/mol. The van der Waals surface area contributed by atoms with Gasteiger partial charge in [-0.2, -0.15) is 0 Å². The molecule has 32 heavy (non-hydrogen) atoms. The van der Waals surface area contributed by atoms with E-state index in [2.05, 4.69) is 0 Å². The molecule has 0 spiro atoms. The van der Waals surface area contributed by atoms with Gasteiger partial charge in [-0.1, -0.05) is 122 Å². The van der Waals surface area contributed by atoms with E-state index in [-0.39, 0.29) is 5.92 Å². The molecule has 2 N–H and O–H groups in total. The number of aliphatic carboxylic acids is 2. The Hall–Kier alpha value is -1.06. The topological polar surface area (TPSA) is 74.6 Å². The van der Waals surface area contributed by atoms with E-state index in [0.717, 1.165) is 38.5 Å². The molecule has 1 rings (SSSR count). The molecule has 1 saturated carbocycles. The molecule has 1 unspecified atom stereocenters. The van der Waals surface area contributed by atoms with E-state index in [1.807, 2.05) is 0 Å². The van der Waals surface area contributed by atoms with Gasteiger partial charge in [0.1, 0.15) is 0 Å². The number of unbranched alkanes of at least 4 members (excludes halogenated alkanes) is 19. The molecule has 1 aliphatic carbocycles. The van der Waals surface area contributed by atoms with Crippen molar-refractivity contribution in [2.24, 2.45) is 11.8 Å². The molecule has 4 nitrogen and oxygen atoms in total. The maximum atomic E-state index is 11.2. The Kier molecular flexibility index (Phi) is 18.6. The van der Waals surface area contributed by atoms with Crippen molar-refractivity contribution in [2.45, 2.75) is 154 Å². The fourth-order valence-corrected chi connectivity index (χ4v) is 4.88. The zero-order chi connectivity index (χ0) is 23.3. The molecule has 0 saturated heterocycles. The molecule has 0 aromatic carbocycles. The minimum absolute atomic E-state index is 0.0527. The summed E-state index contributed by atoms with van der Waals surface area (Å²) >= 11 is 0. The van der Waals surface area contributed by atoms with Crippen molar-refractivity contribution in [1.29, 1.82) is 0 Å². The fourth-order valence-electron chi connectivity index (χ4n) is 4.88. The van der Waals surface area contributed by atoms with Crippen LogP contribution in [0.5, 0.6) is 0 Å². The van der Waals surface area contributed by atoms with Crippen molar-refractivity contribution in [2.75, 3.05) is 0 Å². The Morgan fingerprint density at radius 1 is 0.531 bits per heavy atom. The lowest BCUT2D eigenvalue weighted by Crippen LogP contribution is -2.15. The molecular formula is C28H52O4. The monoisotopic (exact) mass is 452 g/mol. The lowest BCUT2D eigenvalue weighted by molar-refractivity contribution is -0.142. The van der Waals surface area contributed by atoms with E-state index in [0.29, 0.717) is 12.3 Å². The summed E-state index contributed by atoms with van der Waals surface area (Å²) in [5.41, 5.74) is 0. The number of carboxylic acids is 2. The van der Waals surface area contributed by atoms with E-state index in [1.54, 1.807) is 0 Å². The van der Waals surface area contributed by atoms with Crippen molar-refractivity contribution in [3.8, 4) is 0 Å². The second-order valence-electron chi connectivity index (χ2n) is 10.3. The van der Waals surface area contributed by atoms with Crippen LogP contribution in [-0.2, 0) is 9.59 Å². The van der Waals surface area contributed by atoms with E-state index in [4.69, 9.17) is 5.11 Å². The van der Waals surface area contributed by atoms with Gasteiger partial charge in [0.2, 0.25) is 0 Å². The number of rotatable bonds is 25. The van der Waals surface area contributed by atoms with Gasteiger partial charge in [-0.05, 0) is 31.6 Å². The first kappa shape index (κ1) is 29.0. The highest BCUT2D eigenvalue weighted by Gasteiger charge is 2.35. The fraction of sp³-hybridized carbons (Fsp3) is 0.929. The van der Waals surface area contributed by atoms with Crippen LogP contribution in [-0.4, -0.2) is 22.2 Å².